The van der Waals surface area contributed by atoms with E-state index in [1.807, 2.05) is 36.1 Å². The van der Waals surface area contributed by atoms with E-state index in [1.165, 1.54) is 18.3 Å². The van der Waals surface area contributed by atoms with Gasteiger partial charge >= 0.3 is 17.8 Å². The first kappa shape index (κ1) is 23.9. The maximum absolute atomic E-state index is 13.8. The Labute approximate surface area is 212 Å². The number of halogens is 1. The fourth-order valence-electron chi connectivity index (χ4n) is 3.89. The summed E-state index contributed by atoms with van der Waals surface area (Å²) in [5, 5.41) is 12.7. The average molecular weight is 502 g/mol. The van der Waals surface area contributed by atoms with Gasteiger partial charge in [-0.1, -0.05) is 34.9 Å². The van der Waals surface area contributed by atoms with Crippen LogP contribution in [0, 0.1) is 12.7 Å². The second-order valence-corrected chi connectivity index (χ2v) is 8.52. The zero-order chi connectivity index (χ0) is 25.8. The summed E-state index contributed by atoms with van der Waals surface area (Å²) in [6, 6.07) is 17.0. The Morgan fingerprint density at radius 3 is 2.41 bits per heavy atom. The van der Waals surface area contributed by atoms with Gasteiger partial charge in [-0.25, -0.2) is 9.37 Å². The SMILES string of the molecule is Cc1ccc(C(=O)N2CCN(c3ccc(NC(=O)c4nnc(Nc5ccccc5F)o4)cn3)CC2)cc1. The third-order valence-electron chi connectivity index (χ3n) is 5.93. The fraction of sp³-hybridized carbons (Fsp3) is 0.192. The molecule has 0 bridgehead atoms. The lowest BCUT2D eigenvalue weighted by atomic mass is 10.1. The highest BCUT2D eigenvalue weighted by molar-refractivity contribution is 6.00. The standard InChI is InChI=1S/C26H24FN7O3/c1-17-6-8-18(9-7-17)25(36)34-14-12-33(13-15-34)22-11-10-19(16-28-22)29-23(35)24-31-32-26(37-24)30-21-5-3-2-4-20(21)27/h2-11,16H,12-15H2,1H3,(H,29,35)(H,30,32). The van der Waals surface area contributed by atoms with Crippen LogP contribution in [0.1, 0.15) is 26.6 Å². The molecule has 1 aliphatic heterocycles. The Morgan fingerprint density at radius 1 is 0.946 bits per heavy atom. The van der Waals surface area contributed by atoms with Gasteiger partial charge in [0.2, 0.25) is 0 Å². The first-order chi connectivity index (χ1) is 18.0. The summed E-state index contributed by atoms with van der Waals surface area (Å²) in [7, 11) is 0. The summed E-state index contributed by atoms with van der Waals surface area (Å²) < 4.78 is 19.1. The minimum atomic E-state index is -0.619. The van der Waals surface area contributed by atoms with Gasteiger partial charge in [-0.3, -0.25) is 9.59 Å². The maximum Gasteiger partial charge on any atom is 0.320 e. The number of aromatic nitrogens is 3. The van der Waals surface area contributed by atoms with Crippen LogP contribution in [0.4, 0.5) is 27.6 Å². The molecule has 11 heteroatoms. The first-order valence-corrected chi connectivity index (χ1v) is 11.7. The molecule has 0 radical (unpaired) electrons. The van der Waals surface area contributed by atoms with Crippen LogP contribution in [0.15, 0.2) is 71.3 Å². The predicted octanol–water partition coefficient (Wildman–Crippen LogP) is 3.87. The fourth-order valence-corrected chi connectivity index (χ4v) is 3.89. The second kappa shape index (κ2) is 10.4. The normalized spacial score (nSPS) is 13.4. The molecule has 3 heterocycles. The molecule has 4 aromatic rings. The number of amides is 2. The number of anilines is 4. The monoisotopic (exact) mass is 501 g/mol. The molecule has 0 saturated carbocycles. The van der Waals surface area contributed by atoms with Gasteiger partial charge in [-0.05, 0) is 43.3 Å². The molecule has 0 aliphatic carbocycles. The molecule has 2 aromatic carbocycles. The summed E-state index contributed by atoms with van der Waals surface area (Å²) >= 11 is 0. The molecule has 1 fully saturated rings. The summed E-state index contributed by atoms with van der Waals surface area (Å²) in [5.41, 5.74) is 2.40. The molecule has 1 saturated heterocycles. The van der Waals surface area contributed by atoms with Crippen LogP contribution in [0.3, 0.4) is 0 Å². The summed E-state index contributed by atoms with van der Waals surface area (Å²) in [4.78, 5) is 33.6. The Kier molecular flexibility index (Phi) is 6.75. The molecular weight excluding hydrogens is 477 g/mol. The highest BCUT2D eigenvalue weighted by Gasteiger charge is 2.23. The molecule has 0 spiro atoms. The van der Waals surface area contributed by atoms with Crippen LogP contribution in [0.2, 0.25) is 0 Å². The van der Waals surface area contributed by atoms with Crippen molar-refractivity contribution in [2.24, 2.45) is 0 Å². The molecule has 37 heavy (non-hydrogen) atoms. The molecule has 10 nitrogen and oxygen atoms in total. The van der Waals surface area contributed by atoms with E-state index in [2.05, 4.69) is 30.7 Å². The van der Waals surface area contributed by atoms with Crippen LogP contribution in [-0.2, 0) is 0 Å². The van der Waals surface area contributed by atoms with Crippen molar-refractivity contribution in [3.63, 3.8) is 0 Å². The van der Waals surface area contributed by atoms with E-state index in [0.29, 0.717) is 37.4 Å². The minimum absolute atomic E-state index is 0.0268. The number of benzene rings is 2. The van der Waals surface area contributed by atoms with Crippen molar-refractivity contribution < 1.29 is 18.4 Å². The van der Waals surface area contributed by atoms with Crippen molar-refractivity contribution in [1.82, 2.24) is 20.1 Å². The largest absolute Gasteiger partial charge is 0.399 e. The molecule has 1 aliphatic rings. The summed E-state index contributed by atoms with van der Waals surface area (Å²) in [6.07, 6.45) is 1.53. The van der Waals surface area contributed by atoms with Crippen molar-refractivity contribution in [3.8, 4) is 0 Å². The summed E-state index contributed by atoms with van der Waals surface area (Å²) in [6.45, 7) is 4.47. The van der Waals surface area contributed by atoms with E-state index in [4.69, 9.17) is 4.42 Å². The number of nitrogens with zero attached hydrogens (tertiary/aromatic N) is 5. The minimum Gasteiger partial charge on any atom is -0.399 e. The van der Waals surface area contributed by atoms with Crippen molar-refractivity contribution in [3.05, 3.63) is 89.7 Å². The van der Waals surface area contributed by atoms with Crippen molar-refractivity contribution in [2.75, 3.05) is 41.7 Å². The van der Waals surface area contributed by atoms with Gasteiger partial charge in [0.05, 0.1) is 17.6 Å². The lowest BCUT2D eigenvalue weighted by Gasteiger charge is -2.35. The van der Waals surface area contributed by atoms with Crippen molar-refractivity contribution in [2.45, 2.75) is 6.92 Å². The van der Waals surface area contributed by atoms with Crippen molar-refractivity contribution >= 4 is 35.0 Å². The number of nitrogens with one attached hydrogen (secondary N) is 2. The van der Waals surface area contributed by atoms with Gasteiger partial charge in [0.1, 0.15) is 11.6 Å². The Bertz CT molecular complexity index is 1400. The highest BCUT2D eigenvalue weighted by Crippen LogP contribution is 2.20. The van der Waals surface area contributed by atoms with E-state index < -0.39 is 11.7 Å². The number of carbonyl (C=O) groups is 2. The third-order valence-corrected chi connectivity index (χ3v) is 5.93. The number of hydrogen-bond acceptors (Lipinski definition) is 8. The Balaban J connectivity index is 1.14. The highest BCUT2D eigenvalue weighted by atomic mass is 19.1. The molecule has 5 rings (SSSR count). The Hall–Kier alpha value is -4.80. The van der Waals surface area contributed by atoms with E-state index in [0.717, 1.165) is 11.4 Å². The lowest BCUT2D eigenvalue weighted by Crippen LogP contribution is -2.49. The zero-order valence-corrected chi connectivity index (χ0v) is 20.0. The predicted molar refractivity (Wildman–Crippen MR) is 135 cm³/mol. The van der Waals surface area contributed by atoms with Gasteiger partial charge in [0.15, 0.2) is 0 Å². The average Bonchev–Trinajstić information content (AvgIpc) is 3.39. The van der Waals surface area contributed by atoms with Crippen LogP contribution >= 0.6 is 0 Å². The van der Waals surface area contributed by atoms with Crippen LogP contribution in [0.25, 0.3) is 0 Å². The molecule has 2 amide bonds. The van der Waals surface area contributed by atoms with E-state index in [-0.39, 0.29) is 23.5 Å². The quantitative estimate of drug-likeness (QED) is 0.409. The van der Waals surface area contributed by atoms with Gasteiger partial charge in [-0.2, -0.15) is 0 Å². The zero-order valence-electron chi connectivity index (χ0n) is 20.0. The molecule has 0 unspecified atom stereocenters. The second-order valence-electron chi connectivity index (χ2n) is 8.52. The van der Waals surface area contributed by atoms with Crippen LogP contribution in [0.5, 0.6) is 0 Å². The van der Waals surface area contributed by atoms with Gasteiger partial charge in [0, 0.05) is 31.7 Å². The van der Waals surface area contributed by atoms with Crippen LogP contribution < -0.4 is 15.5 Å². The number of pyridine rings is 1. The first-order valence-electron chi connectivity index (χ1n) is 11.7. The molecule has 188 valence electrons. The van der Waals surface area contributed by atoms with E-state index in [1.54, 1.807) is 24.3 Å². The number of carbonyl (C=O) groups excluding carboxylic acids is 2. The molecular formula is C26H24FN7O3. The van der Waals surface area contributed by atoms with Crippen LogP contribution in [-0.4, -0.2) is 58.1 Å². The number of hydrogen-bond donors (Lipinski definition) is 2. The molecule has 2 N–H and O–H groups in total. The molecule has 0 atom stereocenters. The Morgan fingerprint density at radius 2 is 1.70 bits per heavy atom. The van der Waals surface area contributed by atoms with Gasteiger partial charge < -0.3 is 24.9 Å². The van der Waals surface area contributed by atoms with E-state index in [9.17, 15) is 14.0 Å². The van der Waals surface area contributed by atoms with Gasteiger partial charge in [-0.15, -0.1) is 5.10 Å². The molecule has 2 aromatic heterocycles. The number of piperazine rings is 1. The third kappa shape index (κ3) is 5.56. The smallest absolute Gasteiger partial charge is 0.320 e. The van der Waals surface area contributed by atoms with Crippen molar-refractivity contribution in [1.29, 1.82) is 0 Å². The number of aryl methyl sites for hydroxylation is 1. The number of para-hydroxylation sites is 1. The topological polar surface area (TPSA) is 116 Å². The lowest BCUT2D eigenvalue weighted by molar-refractivity contribution is 0.0746. The number of rotatable bonds is 6. The van der Waals surface area contributed by atoms with Gasteiger partial charge in [0.25, 0.3) is 5.91 Å². The maximum atomic E-state index is 13.8. The summed E-state index contributed by atoms with van der Waals surface area (Å²) in [5.74, 6) is -0.616. The van der Waals surface area contributed by atoms with E-state index >= 15 is 0 Å².